The van der Waals surface area contributed by atoms with Crippen molar-refractivity contribution in [3.05, 3.63) is 77.7 Å². The third-order valence-electron chi connectivity index (χ3n) is 4.07. The summed E-state index contributed by atoms with van der Waals surface area (Å²) >= 11 is 0. The second-order valence-electron chi connectivity index (χ2n) is 5.96. The third kappa shape index (κ3) is 5.03. The average molecular weight is 383 g/mol. The van der Waals surface area contributed by atoms with Gasteiger partial charge in [-0.05, 0) is 23.3 Å². The number of hydrogen-bond donors (Lipinski definition) is 1. The zero-order valence-electron chi connectivity index (χ0n) is 15.4. The van der Waals surface area contributed by atoms with Crippen molar-refractivity contribution < 1.29 is 28.5 Å². The van der Waals surface area contributed by atoms with Crippen LogP contribution < -0.4 is 10.1 Å². The highest BCUT2D eigenvalue weighted by molar-refractivity contribution is 5.88. The molecule has 1 amide bonds. The lowest BCUT2D eigenvalue weighted by Gasteiger charge is -2.20. The Morgan fingerprint density at radius 1 is 1.04 bits per heavy atom. The molecule has 0 radical (unpaired) electrons. The average Bonchev–Trinajstić information content (AvgIpc) is 2.77. The van der Waals surface area contributed by atoms with E-state index in [2.05, 4.69) is 5.32 Å². The van der Waals surface area contributed by atoms with E-state index in [4.69, 9.17) is 18.9 Å². The number of benzene rings is 2. The molecule has 3 rings (SSSR count). The fraction of sp³-hybridized carbons (Fsp3) is 0.238. The van der Waals surface area contributed by atoms with E-state index in [1.807, 2.05) is 54.6 Å². The Morgan fingerprint density at radius 2 is 1.75 bits per heavy atom. The molecule has 1 aliphatic heterocycles. The van der Waals surface area contributed by atoms with Crippen LogP contribution in [0.2, 0.25) is 0 Å². The zero-order chi connectivity index (χ0) is 19.8. The molecule has 0 fully saturated rings. The Bertz CT molecular complexity index is 832. The molecule has 1 aliphatic rings. The Hall–Kier alpha value is -3.48. The lowest BCUT2D eigenvalue weighted by atomic mass is 9.98. The Morgan fingerprint density at radius 3 is 2.39 bits per heavy atom. The first-order valence-electron chi connectivity index (χ1n) is 8.77. The minimum Gasteiger partial charge on any atom is -0.497 e. The van der Waals surface area contributed by atoms with Crippen molar-refractivity contribution in [2.75, 3.05) is 26.9 Å². The van der Waals surface area contributed by atoms with Crippen LogP contribution in [0.25, 0.3) is 0 Å². The lowest BCUT2D eigenvalue weighted by molar-refractivity contribution is -0.149. The van der Waals surface area contributed by atoms with Crippen LogP contribution in [0.1, 0.15) is 17.2 Å². The maximum absolute atomic E-state index is 12.4. The standard InChI is InChI=1S/C21H21NO6/c1-25-17-9-7-16(8-10-17)20(15-5-3-2-4-6-15)22-19(23)14-28-21(24)18-13-26-11-12-27-18/h2-10,13,20H,11-12,14H2,1H3,(H,22,23)/t20-/m1/s1. The topological polar surface area (TPSA) is 83.1 Å². The van der Waals surface area contributed by atoms with Gasteiger partial charge in [-0.2, -0.15) is 0 Å². The van der Waals surface area contributed by atoms with E-state index in [1.54, 1.807) is 7.11 Å². The first-order chi connectivity index (χ1) is 13.7. The van der Waals surface area contributed by atoms with Crippen LogP contribution in [0.3, 0.4) is 0 Å². The maximum Gasteiger partial charge on any atom is 0.377 e. The summed E-state index contributed by atoms with van der Waals surface area (Å²) in [5.74, 6) is -0.501. The molecule has 0 bridgehead atoms. The van der Waals surface area contributed by atoms with Crippen molar-refractivity contribution in [2.24, 2.45) is 0 Å². The van der Waals surface area contributed by atoms with Crippen LogP contribution in [-0.2, 0) is 23.8 Å². The molecule has 7 heteroatoms. The number of carbonyl (C=O) groups is 2. The SMILES string of the molecule is COc1ccc([C@H](NC(=O)COC(=O)C2=COCCO2)c2ccccc2)cc1. The molecule has 2 aromatic rings. The second kappa shape index (κ2) is 9.45. The molecule has 7 nitrogen and oxygen atoms in total. The van der Waals surface area contributed by atoms with E-state index in [1.165, 1.54) is 6.26 Å². The van der Waals surface area contributed by atoms with E-state index in [0.29, 0.717) is 6.61 Å². The van der Waals surface area contributed by atoms with Gasteiger partial charge in [-0.3, -0.25) is 4.79 Å². The lowest BCUT2D eigenvalue weighted by Crippen LogP contribution is -2.33. The molecular formula is C21H21NO6. The van der Waals surface area contributed by atoms with E-state index >= 15 is 0 Å². The number of methoxy groups -OCH3 is 1. The summed E-state index contributed by atoms with van der Waals surface area (Å²) in [7, 11) is 1.59. The molecular weight excluding hydrogens is 362 g/mol. The van der Waals surface area contributed by atoms with Gasteiger partial charge in [0.1, 0.15) is 25.2 Å². The van der Waals surface area contributed by atoms with Gasteiger partial charge in [0, 0.05) is 0 Å². The van der Waals surface area contributed by atoms with Crippen LogP contribution in [0, 0.1) is 0 Å². The summed E-state index contributed by atoms with van der Waals surface area (Å²) in [6, 6.07) is 16.5. The molecule has 1 N–H and O–H groups in total. The smallest absolute Gasteiger partial charge is 0.377 e. The van der Waals surface area contributed by atoms with Crippen LogP contribution >= 0.6 is 0 Å². The zero-order valence-corrected chi connectivity index (χ0v) is 15.4. The monoisotopic (exact) mass is 383 g/mol. The van der Waals surface area contributed by atoms with Gasteiger partial charge in [-0.25, -0.2) is 4.79 Å². The molecule has 0 aromatic heterocycles. The van der Waals surface area contributed by atoms with Crippen molar-refractivity contribution in [3.8, 4) is 5.75 Å². The van der Waals surface area contributed by atoms with Gasteiger partial charge >= 0.3 is 5.97 Å². The van der Waals surface area contributed by atoms with Gasteiger partial charge in [-0.1, -0.05) is 42.5 Å². The Balaban J connectivity index is 1.67. The normalized spacial score (nSPS) is 14.0. The Kier molecular flexibility index (Phi) is 6.51. The summed E-state index contributed by atoms with van der Waals surface area (Å²) < 4.78 is 20.3. The highest BCUT2D eigenvalue weighted by atomic mass is 16.6. The first-order valence-corrected chi connectivity index (χ1v) is 8.77. The summed E-state index contributed by atoms with van der Waals surface area (Å²) in [6.45, 7) is 0.206. The maximum atomic E-state index is 12.4. The van der Waals surface area contributed by atoms with Gasteiger partial charge in [0.2, 0.25) is 5.76 Å². The fourth-order valence-corrected chi connectivity index (χ4v) is 2.68. The number of amides is 1. The first kappa shape index (κ1) is 19.3. The number of ether oxygens (including phenoxy) is 4. The van der Waals surface area contributed by atoms with Crippen molar-refractivity contribution in [2.45, 2.75) is 6.04 Å². The predicted octanol–water partition coefficient (Wildman–Crippen LogP) is 2.33. The minimum absolute atomic E-state index is 0.0474. The summed E-state index contributed by atoms with van der Waals surface area (Å²) in [4.78, 5) is 24.3. The van der Waals surface area contributed by atoms with E-state index < -0.39 is 24.5 Å². The second-order valence-corrected chi connectivity index (χ2v) is 5.96. The van der Waals surface area contributed by atoms with Crippen molar-refractivity contribution >= 4 is 11.9 Å². The Labute approximate surface area is 162 Å². The number of carbonyl (C=O) groups excluding carboxylic acids is 2. The fourth-order valence-electron chi connectivity index (χ4n) is 2.68. The van der Waals surface area contributed by atoms with Crippen LogP contribution in [-0.4, -0.2) is 38.8 Å². The molecule has 0 spiro atoms. The molecule has 28 heavy (non-hydrogen) atoms. The molecule has 2 aromatic carbocycles. The number of hydrogen-bond acceptors (Lipinski definition) is 6. The predicted molar refractivity (Wildman–Crippen MR) is 100 cm³/mol. The molecule has 1 atom stereocenters. The molecule has 146 valence electrons. The summed E-state index contributed by atoms with van der Waals surface area (Å²) in [5.41, 5.74) is 1.78. The number of nitrogens with one attached hydrogen (secondary N) is 1. The highest BCUT2D eigenvalue weighted by Crippen LogP contribution is 2.24. The summed E-state index contributed by atoms with van der Waals surface area (Å²) in [6.07, 6.45) is 1.19. The van der Waals surface area contributed by atoms with Crippen LogP contribution in [0.4, 0.5) is 0 Å². The number of rotatable bonds is 7. The number of esters is 1. The molecule has 0 unspecified atom stereocenters. The summed E-state index contributed by atoms with van der Waals surface area (Å²) in [5, 5.41) is 2.90. The van der Waals surface area contributed by atoms with Crippen LogP contribution in [0.5, 0.6) is 5.75 Å². The molecule has 0 saturated carbocycles. The van der Waals surface area contributed by atoms with Gasteiger partial charge < -0.3 is 24.3 Å². The van der Waals surface area contributed by atoms with Gasteiger partial charge in [0.25, 0.3) is 5.91 Å². The van der Waals surface area contributed by atoms with E-state index in [0.717, 1.165) is 16.9 Å². The molecule has 0 saturated heterocycles. The third-order valence-corrected chi connectivity index (χ3v) is 4.07. The minimum atomic E-state index is -0.740. The molecule has 0 aliphatic carbocycles. The van der Waals surface area contributed by atoms with Crippen molar-refractivity contribution in [1.82, 2.24) is 5.32 Å². The van der Waals surface area contributed by atoms with E-state index in [9.17, 15) is 9.59 Å². The van der Waals surface area contributed by atoms with Gasteiger partial charge in [0.15, 0.2) is 6.61 Å². The van der Waals surface area contributed by atoms with E-state index in [-0.39, 0.29) is 12.4 Å². The van der Waals surface area contributed by atoms with Crippen molar-refractivity contribution in [3.63, 3.8) is 0 Å². The molecule has 1 heterocycles. The largest absolute Gasteiger partial charge is 0.497 e. The van der Waals surface area contributed by atoms with Gasteiger partial charge in [0.05, 0.1) is 13.2 Å². The van der Waals surface area contributed by atoms with Crippen LogP contribution in [0.15, 0.2) is 66.6 Å². The highest BCUT2D eigenvalue weighted by Gasteiger charge is 2.21. The van der Waals surface area contributed by atoms with Crippen molar-refractivity contribution in [1.29, 1.82) is 0 Å². The van der Waals surface area contributed by atoms with Gasteiger partial charge in [-0.15, -0.1) is 0 Å². The quantitative estimate of drug-likeness (QED) is 0.739.